The van der Waals surface area contributed by atoms with Crippen molar-refractivity contribution < 1.29 is 23.8 Å². The maximum absolute atomic E-state index is 12.6. The van der Waals surface area contributed by atoms with Gasteiger partial charge in [0.15, 0.2) is 6.61 Å². The normalized spacial score (nSPS) is 10.6. The van der Waals surface area contributed by atoms with Crippen molar-refractivity contribution >= 4 is 35.0 Å². The van der Waals surface area contributed by atoms with Crippen LogP contribution >= 0.6 is 11.8 Å². The van der Waals surface area contributed by atoms with E-state index in [4.69, 9.17) is 9.26 Å². The van der Waals surface area contributed by atoms with E-state index in [9.17, 15) is 19.7 Å². The summed E-state index contributed by atoms with van der Waals surface area (Å²) in [5.41, 5.74) is 2.44. The summed E-state index contributed by atoms with van der Waals surface area (Å²) in [6.45, 7) is 4.74. The zero-order valence-electron chi connectivity index (χ0n) is 17.7. The molecule has 0 aliphatic heterocycles. The second-order valence-electron chi connectivity index (χ2n) is 6.94. The number of ether oxygens (including phenoxy) is 1. The van der Waals surface area contributed by atoms with Crippen LogP contribution in [-0.2, 0) is 15.3 Å². The summed E-state index contributed by atoms with van der Waals surface area (Å²) in [6.07, 6.45) is 0. The predicted molar refractivity (Wildman–Crippen MR) is 119 cm³/mol. The van der Waals surface area contributed by atoms with Crippen LogP contribution in [0.5, 0.6) is 0 Å². The molecule has 0 saturated heterocycles. The van der Waals surface area contributed by atoms with Gasteiger partial charge in [-0.05, 0) is 38.5 Å². The largest absolute Gasteiger partial charge is 0.452 e. The average Bonchev–Trinajstić information content (AvgIpc) is 3.09. The lowest BCUT2D eigenvalue weighted by Gasteiger charge is -2.11. The average molecular weight is 455 g/mol. The molecule has 9 nitrogen and oxygen atoms in total. The second kappa shape index (κ2) is 10.1. The van der Waals surface area contributed by atoms with Crippen LogP contribution in [0.15, 0.2) is 51.9 Å². The number of rotatable bonds is 8. The first-order valence-corrected chi connectivity index (χ1v) is 10.6. The van der Waals surface area contributed by atoms with E-state index < -0.39 is 23.4 Å². The van der Waals surface area contributed by atoms with E-state index in [1.165, 1.54) is 23.9 Å². The Labute approximate surface area is 188 Å². The zero-order chi connectivity index (χ0) is 23.3. The maximum Gasteiger partial charge on any atom is 0.339 e. The summed E-state index contributed by atoms with van der Waals surface area (Å²) < 4.78 is 10.3. The number of benzene rings is 2. The Morgan fingerprint density at radius 3 is 2.59 bits per heavy atom. The molecule has 3 rings (SSSR count). The predicted octanol–water partition coefficient (Wildman–Crippen LogP) is 4.60. The van der Waals surface area contributed by atoms with Crippen LogP contribution in [0.1, 0.15) is 32.9 Å². The number of anilines is 1. The molecular formula is C22H21N3O6S. The Morgan fingerprint density at radius 2 is 1.91 bits per heavy atom. The third-order valence-electron chi connectivity index (χ3n) is 4.71. The smallest absolute Gasteiger partial charge is 0.339 e. The van der Waals surface area contributed by atoms with Gasteiger partial charge < -0.3 is 14.6 Å². The highest BCUT2D eigenvalue weighted by Crippen LogP contribution is 2.30. The molecule has 2 aromatic carbocycles. The number of nitro groups is 1. The fourth-order valence-electron chi connectivity index (χ4n) is 2.97. The standard InChI is InChI=1S/C22H21N3O6S/c1-13-7-6-9-18(25(28)29)21(13)23-20(26)11-30-22(27)16-8-4-5-10-19(16)32-12-17-14(2)24-31-15(17)3/h4-10H,11-12H2,1-3H3,(H,23,26). The molecule has 166 valence electrons. The van der Waals surface area contributed by atoms with Gasteiger partial charge in [-0.2, -0.15) is 0 Å². The Morgan fingerprint density at radius 1 is 1.16 bits per heavy atom. The lowest BCUT2D eigenvalue weighted by Crippen LogP contribution is -2.22. The number of para-hydroxylation sites is 1. The van der Waals surface area contributed by atoms with Crippen molar-refractivity contribution in [2.24, 2.45) is 0 Å². The van der Waals surface area contributed by atoms with Crippen LogP contribution in [0.2, 0.25) is 0 Å². The van der Waals surface area contributed by atoms with E-state index in [0.717, 1.165) is 17.0 Å². The lowest BCUT2D eigenvalue weighted by atomic mass is 10.1. The van der Waals surface area contributed by atoms with Gasteiger partial charge in [0, 0.05) is 22.3 Å². The number of carbonyl (C=O) groups is 2. The van der Waals surface area contributed by atoms with Crippen LogP contribution < -0.4 is 5.32 Å². The first kappa shape index (κ1) is 23.0. The number of esters is 1. The van der Waals surface area contributed by atoms with Crippen molar-refractivity contribution in [3.63, 3.8) is 0 Å². The van der Waals surface area contributed by atoms with Crippen LogP contribution in [0, 0.1) is 30.9 Å². The fraction of sp³-hybridized carbons (Fsp3) is 0.227. The highest BCUT2D eigenvalue weighted by atomic mass is 32.2. The summed E-state index contributed by atoms with van der Waals surface area (Å²) in [4.78, 5) is 36.2. The number of aryl methyl sites for hydroxylation is 3. The Hall–Kier alpha value is -3.66. The van der Waals surface area contributed by atoms with Crippen molar-refractivity contribution in [1.29, 1.82) is 0 Å². The van der Waals surface area contributed by atoms with Crippen molar-refractivity contribution in [3.8, 4) is 0 Å². The molecule has 0 aliphatic rings. The van der Waals surface area contributed by atoms with Gasteiger partial charge in [0.2, 0.25) is 0 Å². The Balaban J connectivity index is 1.65. The van der Waals surface area contributed by atoms with Crippen molar-refractivity contribution in [2.45, 2.75) is 31.4 Å². The molecule has 1 heterocycles. The maximum atomic E-state index is 12.6. The van der Waals surface area contributed by atoms with Gasteiger partial charge in [-0.1, -0.05) is 29.4 Å². The number of carbonyl (C=O) groups excluding carboxylic acids is 2. The van der Waals surface area contributed by atoms with Crippen molar-refractivity contribution in [1.82, 2.24) is 5.16 Å². The summed E-state index contributed by atoms with van der Waals surface area (Å²) in [7, 11) is 0. The fourth-order valence-corrected chi connectivity index (χ4v) is 4.16. The lowest BCUT2D eigenvalue weighted by molar-refractivity contribution is -0.384. The van der Waals surface area contributed by atoms with Gasteiger partial charge in [0.25, 0.3) is 11.6 Å². The minimum absolute atomic E-state index is 0.0777. The van der Waals surface area contributed by atoms with E-state index >= 15 is 0 Å². The van der Waals surface area contributed by atoms with E-state index in [2.05, 4.69) is 10.5 Å². The number of hydrogen-bond acceptors (Lipinski definition) is 8. The highest BCUT2D eigenvalue weighted by Gasteiger charge is 2.20. The molecule has 3 aromatic rings. The quantitative estimate of drug-likeness (QED) is 0.226. The van der Waals surface area contributed by atoms with E-state index in [-0.39, 0.29) is 11.4 Å². The summed E-state index contributed by atoms with van der Waals surface area (Å²) >= 11 is 1.43. The SMILES string of the molecule is Cc1cccc([N+](=O)[O-])c1NC(=O)COC(=O)c1ccccc1SCc1c(C)noc1C. The zero-order valence-corrected chi connectivity index (χ0v) is 18.5. The molecule has 0 spiro atoms. The molecule has 0 bridgehead atoms. The van der Waals surface area contributed by atoms with Crippen LogP contribution in [0.25, 0.3) is 0 Å². The first-order chi connectivity index (χ1) is 15.3. The van der Waals surface area contributed by atoms with E-state index in [1.807, 2.05) is 13.8 Å². The molecule has 1 amide bonds. The molecule has 1 N–H and O–H groups in total. The third kappa shape index (κ3) is 5.33. The number of nitrogens with zero attached hydrogens (tertiary/aromatic N) is 2. The Kier molecular flexibility index (Phi) is 7.26. The molecule has 1 aromatic heterocycles. The number of hydrogen-bond donors (Lipinski definition) is 1. The van der Waals surface area contributed by atoms with Gasteiger partial charge in [-0.3, -0.25) is 14.9 Å². The van der Waals surface area contributed by atoms with Gasteiger partial charge in [-0.15, -0.1) is 11.8 Å². The summed E-state index contributed by atoms with van der Waals surface area (Å²) in [6, 6.07) is 11.4. The molecule has 0 radical (unpaired) electrons. The van der Waals surface area contributed by atoms with Crippen molar-refractivity contribution in [2.75, 3.05) is 11.9 Å². The van der Waals surface area contributed by atoms with Crippen molar-refractivity contribution in [3.05, 3.63) is 80.7 Å². The number of aromatic nitrogens is 1. The molecule has 0 fully saturated rings. The Bertz CT molecular complexity index is 1150. The second-order valence-corrected chi connectivity index (χ2v) is 7.96. The van der Waals surface area contributed by atoms with Crippen LogP contribution in [0.4, 0.5) is 11.4 Å². The molecule has 0 saturated carbocycles. The molecule has 32 heavy (non-hydrogen) atoms. The van der Waals surface area contributed by atoms with E-state index in [1.54, 1.807) is 37.3 Å². The van der Waals surface area contributed by atoms with Gasteiger partial charge >= 0.3 is 5.97 Å². The minimum atomic E-state index is -0.670. The molecule has 0 unspecified atom stereocenters. The summed E-state index contributed by atoms with van der Waals surface area (Å²) in [5.74, 6) is -0.0574. The molecule has 0 aliphatic carbocycles. The van der Waals surface area contributed by atoms with E-state index in [0.29, 0.717) is 21.8 Å². The van der Waals surface area contributed by atoms with Gasteiger partial charge in [0.05, 0.1) is 16.2 Å². The number of thioether (sulfide) groups is 1. The monoisotopic (exact) mass is 455 g/mol. The topological polar surface area (TPSA) is 125 Å². The molecule has 0 atom stereocenters. The van der Waals surface area contributed by atoms with Gasteiger partial charge in [0.1, 0.15) is 11.4 Å². The summed E-state index contributed by atoms with van der Waals surface area (Å²) in [5, 5.41) is 17.6. The number of amides is 1. The number of nitrogens with one attached hydrogen (secondary N) is 1. The first-order valence-electron chi connectivity index (χ1n) is 9.62. The van der Waals surface area contributed by atoms with Gasteiger partial charge in [-0.25, -0.2) is 4.79 Å². The van der Waals surface area contributed by atoms with Crippen LogP contribution in [0.3, 0.4) is 0 Å². The number of nitro benzene ring substituents is 1. The molecule has 10 heteroatoms. The third-order valence-corrected chi connectivity index (χ3v) is 5.81. The highest BCUT2D eigenvalue weighted by molar-refractivity contribution is 7.98. The molecular weight excluding hydrogens is 434 g/mol. The van der Waals surface area contributed by atoms with Crippen LogP contribution in [-0.4, -0.2) is 28.6 Å². The minimum Gasteiger partial charge on any atom is -0.452 e.